The number of hydrogen-bond donors (Lipinski definition) is 3. The Kier molecular flexibility index (Phi) is 5.58. The van der Waals surface area contributed by atoms with Crippen LogP contribution in [-0.2, 0) is 15.6 Å². The van der Waals surface area contributed by atoms with Crippen LogP contribution in [0.3, 0.4) is 0 Å². The maximum Gasteiger partial charge on any atom is 0.326 e. The van der Waals surface area contributed by atoms with E-state index in [0.29, 0.717) is 24.3 Å². The van der Waals surface area contributed by atoms with Crippen molar-refractivity contribution in [2.45, 2.75) is 38.8 Å². The van der Waals surface area contributed by atoms with Crippen LogP contribution in [0.25, 0.3) is 0 Å². The summed E-state index contributed by atoms with van der Waals surface area (Å²) in [4.78, 5) is 22.6. The highest BCUT2D eigenvalue weighted by molar-refractivity contribution is 7.85. The molecule has 1 aliphatic rings. The van der Waals surface area contributed by atoms with Crippen molar-refractivity contribution in [1.29, 1.82) is 0 Å². The Balaban J connectivity index is 2.41. The lowest BCUT2D eigenvalue weighted by molar-refractivity contribution is -0.140. The van der Waals surface area contributed by atoms with Crippen molar-refractivity contribution in [2.24, 2.45) is 5.92 Å². The molecule has 7 heteroatoms. The Morgan fingerprint density at radius 2 is 1.83 bits per heavy atom. The predicted octanol–water partition coefficient (Wildman–Crippen LogP) is 0.306. The summed E-state index contributed by atoms with van der Waals surface area (Å²) in [5.41, 5.74) is 0. The van der Waals surface area contributed by atoms with Crippen LogP contribution < -0.4 is 10.6 Å². The zero-order valence-corrected chi connectivity index (χ0v) is 11.5. The van der Waals surface area contributed by atoms with E-state index in [0.717, 1.165) is 0 Å². The number of carboxylic acid groups (broad SMARTS) is 1. The maximum atomic E-state index is 11.7. The molecule has 1 aliphatic heterocycles. The second-order valence-corrected chi connectivity index (χ2v) is 6.50. The molecule has 1 fully saturated rings. The Morgan fingerprint density at radius 1 is 1.28 bits per heavy atom. The van der Waals surface area contributed by atoms with Crippen LogP contribution in [0.2, 0.25) is 0 Å². The van der Waals surface area contributed by atoms with E-state index in [1.54, 1.807) is 13.8 Å². The lowest BCUT2D eigenvalue weighted by Crippen LogP contribution is -2.52. The molecule has 3 N–H and O–H groups in total. The SMILES string of the molecule is CC(C)[C@@H](NC(=O)NC1CCS(=O)CC1)C(=O)O. The van der Waals surface area contributed by atoms with E-state index in [2.05, 4.69) is 10.6 Å². The molecule has 0 aromatic heterocycles. The molecule has 0 aromatic carbocycles. The standard InChI is InChI=1S/C11H20N2O4S/c1-7(2)9(10(14)15)13-11(16)12-8-3-5-18(17)6-4-8/h7-9H,3-6H2,1-2H3,(H,14,15)(H2,12,13,16)/t8?,9-,18?/m1/s1. The van der Waals surface area contributed by atoms with Crippen LogP contribution >= 0.6 is 0 Å². The van der Waals surface area contributed by atoms with Gasteiger partial charge < -0.3 is 15.7 Å². The molecular weight excluding hydrogens is 256 g/mol. The topological polar surface area (TPSA) is 95.5 Å². The lowest BCUT2D eigenvalue weighted by atomic mass is 10.1. The molecule has 1 heterocycles. The quantitative estimate of drug-likeness (QED) is 0.688. The summed E-state index contributed by atoms with van der Waals surface area (Å²) in [6.45, 7) is 3.48. The Bertz CT molecular complexity index is 336. The first kappa shape index (κ1) is 14.9. The largest absolute Gasteiger partial charge is 0.480 e. The van der Waals surface area contributed by atoms with E-state index in [9.17, 15) is 13.8 Å². The zero-order valence-electron chi connectivity index (χ0n) is 10.6. The van der Waals surface area contributed by atoms with E-state index in [4.69, 9.17) is 5.11 Å². The molecule has 6 nitrogen and oxygen atoms in total. The van der Waals surface area contributed by atoms with E-state index in [-0.39, 0.29) is 12.0 Å². The first-order valence-corrected chi connectivity index (χ1v) is 7.53. The summed E-state index contributed by atoms with van der Waals surface area (Å²) in [5, 5.41) is 14.1. The highest BCUT2D eigenvalue weighted by atomic mass is 32.2. The molecule has 18 heavy (non-hydrogen) atoms. The van der Waals surface area contributed by atoms with Crippen molar-refractivity contribution in [3.63, 3.8) is 0 Å². The fourth-order valence-corrected chi connectivity index (χ4v) is 3.12. The molecule has 1 atom stereocenters. The minimum atomic E-state index is -1.04. The van der Waals surface area contributed by atoms with Gasteiger partial charge in [-0.1, -0.05) is 13.8 Å². The number of nitrogens with one attached hydrogen (secondary N) is 2. The molecule has 1 rings (SSSR count). The minimum Gasteiger partial charge on any atom is -0.480 e. The van der Waals surface area contributed by atoms with Gasteiger partial charge >= 0.3 is 12.0 Å². The van der Waals surface area contributed by atoms with Gasteiger partial charge in [0.25, 0.3) is 0 Å². The number of carbonyl (C=O) groups is 2. The molecule has 0 radical (unpaired) electrons. The van der Waals surface area contributed by atoms with Gasteiger partial charge in [0, 0.05) is 28.3 Å². The number of urea groups is 1. The average molecular weight is 276 g/mol. The van der Waals surface area contributed by atoms with Gasteiger partial charge in [-0.05, 0) is 18.8 Å². The first-order chi connectivity index (χ1) is 8.40. The Labute approximate surface area is 109 Å². The van der Waals surface area contributed by atoms with Crippen LogP contribution in [0.5, 0.6) is 0 Å². The summed E-state index contributed by atoms with van der Waals surface area (Å²) in [6.07, 6.45) is 1.36. The van der Waals surface area contributed by atoms with Gasteiger partial charge in [-0.3, -0.25) is 4.21 Å². The van der Waals surface area contributed by atoms with Crippen molar-refractivity contribution >= 4 is 22.8 Å². The fraction of sp³-hybridized carbons (Fsp3) is 0.818. The molecular formula is C11H20N2O4S. The van der Waals surface area contributed by atoms with E-state index >= 15 is 0 Å². The van der Waals surface area contributed by atoms with Crippen LogP contribution in [0.1, 0.15) is 26.7 Å². The van der Waals surface area contributed by atoms with Crippen molar-refractivity contribution in [2.75, 3.05) is 11.5 Å². The van der Waals surface area contributed by atoms with E-state index in [1.165, 1.54) is 0 Å². The predicted molar refractivity (Wildman–Crippen MR) is 68.8 cm³/mol. The van der Waals surface area contributed by atoms with Gasteiger partial charge in [-0.25, -0.2) is 9.59 Å². The fourth-order valence-electron chi connectivity index (χ4n) is 1.82. The van der Waals surface area contributed by atoms with Crippen LogP contribution in [0.4, 0.5) is 4.79 Å². The first-order valence-electron chi connectivity index (χ1n) is 6.05. The minimum absolute atomic E-state index is 0.00990. The summed E-state index contributed by atoms with van der Waals surface area (Å²) < 4.78 is 11.2. The molecule has 1 saturated heterocycles. The van der Waals surface area contributed by atoms with Crippen molar-refractivity contribution in [3.8, 4) is 0 Å². The molecule has 0 aromatic rings. The normalized spacial score (nSPS) is 25.5. The monoisotopic (exact) mass is 276 g/mol. The number of carboxylic acids is 1. The number of hydrogen-bond acceptors (Lipinski definition) is 3. The van der Waals surface area contributed by atoms with Gasteiger partial charge in [0.15, 0.2) is 0 Å². The van der Waals surface area contributed by atoms with Gasteiger partial charge in [-0.2, -0.15) is 0 Å². The molecule has 0 saturated carbocycles. The summed E-state index contributed by atoms with van der Waals surface area (Å²) in [6, 6.07) is -1.36. The van der Waals surface area contributed by atoms with E-state index < -0.39 is 28.8 Å². The highest BCUT2D eigenvalue weighted by Gasteiger charge is 2.25. The summed E-state index contributed by atoms with van der Waals surface area (Å²) in [7, 11) is -0.767. The number of aliphatic carboxylic acids is 1. The van der Waals surface area contributed by atoms with Crippen LogP contribution in [0.15, 0.2) is 0 Å². The second-order valence-electron chi connectivity index (χ2n) is 4.80. The number of carbonyl (C=O) groups excluding carboxylic acids is 1. The third-order valence-corrected chi connectivity index (χ3v) is 4.32. The maximum absolute atomic E-state index is 11.7. The number of amides is 2. The Morgan fingerprint density at radius 3 is 2.28 bits per heavy atom. The highest BCUT2D eigenvalue weighted by Crippen LogP contribution is 2.09. The molecule has 0 bridgehead atoms. The van der Waals surface area contributed by atoms with Gasteiger partial charge in [0.2, 0.25) is 0 Å². The van der Waals surface area contributed by atoms with E-state index in [1.807, 2.05) is 0 Å². The van der Waals surface area contributed by atoms with Crippen molar-refractivity contribution in [3.05, 3.63) is 0 Å². The van der Waals surface area contributed by atoms with Crippen LogP contribution in [-0.4, -0.2) is 44.9 Å². The van der Waals surface area contributed by atoms with Gasteiger partial charge in [-0.15, -0.1) is 0 Å². The van der Waals surface area contributed by atoms with Crippen LogP contribution in [0, 0.1) is 5.92 Å². The van der Waals surface area contributed by atoms with Gasteiger partial charge in [0.1, 0.15) is 6.04 Å². The summed E-state index contributed by atoms with van der Waals surface area (Å²) >= 11 is 0. The lowest BCUT2D eigenvalue weighted by Gasteiger charge is -2.24. The number of rotatable bonds is 4. The average Bonchev–Trinajstić information content (AvgIpc) is 2.28. The molecule has 0 spiro atoms. The molecule has 0 aliphatic carbocycles. The second kappa shape index (κ2) is 6.72. The summed E-state index contributed by atoms with van der Waals surface area (Å²) in [5.74, 6) is -0.0216. The van der Waals surface area contributed by atoms with Crippen molar-refractivity contribution in [1.82, 2.24) is 10.6 Å². The Hall–Kier alpha value is -1.11. The zero-order chi connectivity index (χ0) is 13.7. The van der Waals surface area contributed by atoms with Crippen molar-refractivity contribution < 1.29 is 18.9 Å². The molecule has 0 unspecified atom stereocenters. The third kappa shape index (κ3) is 4.64. The third-order valence-electron chi connectivity index (χ3n) is 2.94. The smallest absolute Gasteiger partial charge is 0.326 e. The molecule has 104 valence electrons. The molecule has 2 amide bonds. The van der Waals surface area contributed by atoms with Gasteiger partial charge in [0.05, 0.1) is 0 Å².